The van der Waals surface area contributed by atoms with E-state index in [0.29, 0.717) is 36.7 Å². The van der Waals surface area contributed by atoms with Crippen LogP contribution in [0, 0.1) is 18.3 Å². The molecule has 0 bridgehead atoms. The first-order valence-corrected chi connectivity index (χ1v) is 13.5. The third-order valence-corrected chi connectivity index (χ3v) is 8.55. The van der Waals surface area contributed by atoms with Gasteiger partial charge in [-0.3, -0.25) is 24.2 Å². The van der Waals surface area contributed by atoms with E-state index in [9.17, 15) is 15.2 Å². The number of hydrogen-bond acceptors (Lipinski definition) is 7. The molecule has 0 unspecified atom stereocenters. The number of rotatable bonds is 4. The smallest absolute Gasteiger partial charge is 0.261 e. The predicted octanol–water partition coefficient (Wildman–Crippen LogP) is 4.18. The van der Waals surface area contributed by atoms with E-state index in [2.05, 4.69) is 20.9 Å². The number of likely N-dealkylation sites (tertiary alicyclic amines) is 1. The summed E-state index contributed by atoms with van der Waals surface area (Å²) < 4.78 is 1.64. The van der Waals surface area contributed by atoms with Crippen LogP contribution in [-0.2, 0) is 12.0 Å². The zero-order valence-corrected chi connectivity index (χ0v) is 21.7. The highest BCUT2D eigenvalue weighted by molar-refractivity contribution is 6.06. The maximum atomic E-state index is 13.7. The Morgan fingerprint density at radius 1 is 1.08 bits per heavy atom. The van der Waals surface area contributed by atoms with Crippen LogP contribution in [0.5, 0.6) is 0 Å². The summed E-state index contributed by atoms with van der Waals surface area (Å²) in [5.74, 6) is 0. The summed E-state index contributed by atoms with van der Waals surface area (Å²) in [6, 6.07) is 10.2. The molecule has 0 amide bonds. The normalized spacial score (nSPS) is 21.9. The lowest BCUT2D eigenvalue weighted by Gasteiger charge is -2.37. The molecule has 1 saturated heterocycles. The molecule has 1 aromatic carbocycles. The van der Waals surface area contributed by atoms with Gasteiger partial charge >= 0.3 is 0 Å². The number of aromatic nitrogens is 4. The maximum Gasteiger partial charge on any atom is 0.261 e. The first-order valence-electron chi connectivity index (χ1n) is 13.5. The van der Waals surface area contributed by atoms with Crippen molar-refractivity contribution in [2.75, 3.05) is 13.1 Å². The van der Waals surface area contributed by atoms with Crippen LogP contribution in [0.25, 0.3) is 21.7 Å². The Morgan fingerprint density at radius 3 is 2.66 bits per heavy atom. The number of aliphatic hydroxyl groups excluding tert-OH is 1. The number of piperidine rings is 1. The molecule has 8 heteroatoms. The molecule has 1 aliphatic carbocycles. The van der Waals surface area contributed by atoms with Crippen molar-refractivity contribution < 1.29 is 5.11 Å². The fourth-order valence-electron chi connectivity index (χ4n) is 6.28. The van der Waals surface area contributed by atoms with Crippen LogP contribution in [0.3, 0.4) is 0 Å². The van der Waals surface area contributed by atoms with Crippen LogP contribution in [-0.4, -0.2) is 48.7 Å². The molecule has 38 heavy (non-hydrogen) atoms. The SMILES string of the molecule is Cc1ccnc(C2(C#N)CCN(Cc3cc4c(=O)n([C@H]5CCCC[C@@H]5O)cnc4c4ccncc34)CC2)c1. The highest BCUT2D eigenvalue weighted by Crippen LogP contribution is 2.36. The Hall–Kier alpha value is -3.67. The van der Waals surface area contributed by atoms with Crippen molar-refractivity contribution in [2.45, 2.75) is 69.6 Å². The third kappa shape index (κ3) is 4.26. The lowest BCUT2D eigenvalue weighted by Crippen LogP contribution is -2.42. The average molecular weight is 509 g/mol. The van der Waals surface area contributed by atoms with Crippen molar-refractivity contribution in [2.24, 2.45) is 0 Å². The Balaban J connectivity index is 1.34. The highest BCUT2D eigenvalue weighted by atomic mass is 16.3. The second kappa shape index (κ2) is 9.90. The Labute approximate surface area is 221 Å². The van der Waals surface area contributed by atoms with Gasteiger partial charge < -0.3 is 5.11 Å². The van der Waals surface area contributed by atoms with Gasteiger partial charge in [0.25, 0.3) is 5.56 Å². The zero-order chi connectivity index (χ0) is 26.3. The molecule has 1 saturated carbocycles. The summed E-state index contributed by atoms with van der Waals surface area (Å²) in [5.41, 5.74) is 2.99. The molecule has 1 aliphatic heterocycles. The van der Waals surface area contributed by atoms with Gasteiger partial charge in [-0.15, -0.1) is 0 Å². The number of benzene rings is 1. The van der Waals surface area contributed by atoms with Gasteiger partial charge in [0, 0.05) is 49.0 Å². The average Bonchev–Trinajstić information content (AvgIpc) is 2.95. The molecule has 0 spiro atoms. The lowest BCUT2D eigenvalue weighted by atomic mass is 9.76. The van der Waals surface area contributed by atoms with E-state index in [1.165, 1.54) is 0 Å². The van der Waals surface area contributed by atoms with Crippen LogP contribution in [0.4, 0.5) is 0 Å². The summed E-state index contributed by atoms with van der Waals surface area (Å²) in [6.45, 7) is 4.20. The first-order chi connectivity index (χ1) is 18.5. The lowest BCUT2D eigenvalue weighted by molar-refractivity contribution is 0.0735. The first kappa shape index (κ1) is 24.7. The predicted molar refractivity (Wildman–Crippen MR) is 146 cm³/mol. The fourth-order valence-corrected chi connectivity index (χ4v) is 6.28. The van der Waals surface area contributed by atoms with Crippen molar-refractivity contribution in [3.8, 4) is 6.07 Å². The van der Waals surface area contributed by atoms with Gasteiger partial charge in [0.2, 0.25) is 0 Å². The van der Waals surface area contributed by atoms with E-state index < -0.39 is 11.5 Å². The monoisotopic (exact) mass is 508 g/mol. The zero-order valence-electron chi connectivity index (χ0n) is 21.7. The number of hydrogen-bond donors (Lipinski definition) is 1. The van der Waals surface area contributed by atoms with E-state index in [1.807, 2.05) is 37.4 Å². The van der Waals surface area contributed by atoms with Crippen molar-refractivity contribution in [3.63, 3.8) is 0 Å². The largest absolute Gasteiger partial charge is 0.391 e. The molecule has 1 N–H and O–H groups in total. The summed E-state index contributed by atoms with van der Waals surface area (Å²) in [7, 11) is 0. The quantitative estimate of drug-likeness (QED) is 0.412. The fraction of sp³-hybridized carbons (Fsp3) is 0.433. The van der Waals surface area contributed by atoms with Crippen molar-refractivity contribution in [3.05, 3.63) is 76.4 Å². The molecular formula is C30H32N6O2. The van der Waals surface area contributed by atoms with Gasteiger partial charge in [0.15, 0.2) is 0 Å². The summed E-state index contributed by atoms with van der Waals surface area (Å²) >= 11 is 0. The number of nitrogens with zero attached hydrogens (tertiary/aromatic N) is 6. The van der Waals surface area contributed by atoms with Gasteiger partial charge in [0.1, 0.15) is 5.41 Å². The standard InChI is InChI=1S/C30H32N6O2/c1-20-6-11-33-27(14-20)30(18-31)8-12-35(13-9-30)17-21-15-23-28(22-7-10-32-16-24(21)22)34-19-36(29(23)38)25-4-2-3-5-26(25)37/h6-7,10-11,14-16,19,25-26,37H,2-5,8-9,12-13,17H2,1H3/t25-,26-/m0/s1. The summed E-state index contributed by atoms with van der Waals surface area (Å²) in [4.78, 5) is 29.7. The van der Waals surface area contributed by atoms with E-state index in [1.54, 1.807) is 23.3 Å². The third-order valence-electron chi connectivity index (χ3n) is 8.55. The van der Waals surface area contributed by atoms with E-state index >= 15 is 0 Å². The van der Waals surface area contributed by atoms with Crippen LogP contribution in [0.15, 0.2) is 54.0 Å². The van der Waals surface area contributed by atoms with Crippen LogP contribution >= 0.6 is 0 Å². The number of pyridine rings is 2. The van der Waals surface area contributed by atoms with Crippen LogP contribution < -0.4 is 5.56 Å². The molecular weight excluding hydrogens is 476 g/mol. The molecule has 6 rings (SSSR count). The number of nitriles is 1. The van der Waals surface area contributed by atoms with E-state index in [0.717, 1.165) is 59.9 Å². The van der Waals surface area contributed by atoms with Crippen molar-refractivity contribution in [1.82, 2.24) is 24.4 Å². The molecule has 2 atom stereocenters. The minimum atomic E-state index is -0.575. The molecule has 0 radical (unpaired) electrons. The minimum absolute atomic E-state index is 0.103. The maximum absolute atomic E-state index is 13.7. The Kier molecular flexibility index (Phi) is 6.42. The molecule has 8 nitrogen and oxygen atoms in total. The van der Waals surface area contributed by atoms with Crippen molar-refractivity contribution >= 4 is 21.7 Å². The summed E-state index contributed by atoms with van der Waals surface area (Å²) in [5, 5.41) is 23.2. The van der Waals surface area contributed by atoms with Crippen molar-refractivity contribution in [1.29, 1.82) is 5.26 Å². The minimum Gasteiger partial charge on any atom is -0.391 e. The van der Waals surface area contributed by atoms with Gasteiger partial charge in [-0.25, -0.2) is 4.98 Å². The van der Waals surface area contributed by atoms with Gasteiger partial charge in [-0.05, 0) is 68.0 Å². The van der Waals surface area contributed by atoms with Crippen LogP contribution in [0.2, 0.25) is 0 Å². The number of fused-ring (bicyclic) bond motifs is 3. The molecule has 2 fully saturated rings. The highest BCUT2D eigenvalue weighted by Gasteiger charge is 2.38. The van der Waals surface area contributed by atoms with Gasteiger partial charge in [-0.1, -0.05) is 12.8 Å². The van der Waals surface area contributed by atoms with Crippen LogP contribution in [0.1, 0.15) is 61.4 Å². The summed E-state index contributed by atoms with van der Waals surface area (Å²) in [6.07, 6.45) is 11.3. The second-order valence-corrected chi connectivity index (χ2v) is 10.9. The Morgan fingerprint density at radius 2 is 1.89 bits per heavy atom. The van der Waals surface area contributed by atoms with E-state index in [-0.39, 0.29) is 11.6 Å². The Bertz CT molecular complexity index is 1600. The number of aryl methyl sites for hydroxylation is 1. The molecule has 2 aliphatic rings. The second-order valence-electron chi connectivity index (χ2n) is 10.9. The van der Waals surface area contributed by atoms with E-state index in [4.69, 9.17) is 4.98 Å². The van der Waals surface area contributed by atoms with Gasteiger partial charge in [0.05, 0.1) is 41.1 Å². The topological polar surface area (TPSA) is 108 Å². The molecule has 194 valence electrons. The number of aliphatic hydroxyl groups is 1. The molecule has 4 aromatic rings. The van der Waals surface area contributed by atoms with Gasteiger partial charge in [-0.2, -0.15) is 5.26 Å². The molecule has 4 heterocycles. The molecule has 3 aromatic heterocycles.